The van der Waals surface area contributed by atoms with E-state index in [1.54, 1.807) is 0 Å². The van der Waals surface area contributed by atoms with E-state index < -0.39 is 0 Å². The van der Waals surface area contributed by atoms with Crippen molar-refractivity contribution in [3.8, 4) is 11.8 Å². The van der Waals surface area contributed by atoms with Gasteiger partial charge in [-0.3, -0.25) is 0 Å². The molecular weight excluding hydrogens is 222 g/mol. The van der Waals surface area contributed by atoms with Crippen LogP contribution in [0.2, 0.25) is 0 Å². The van der Waals surface area contributed by atoms with Gasteiger partial charge in [0.25, 0.3) is 0 Å². The van der Waals surface area contributed by atoms with E-state index in [0.717, 1.165) is 18.8 Å². The van der Waals surface area contributed by atoms with Crippen LogP contribution in [0.3, 0.4) is 0 Å². The summed E-state index contributed by atoms with van der Waals surface area (Å²) >= 11 is 0. The molecule has 1 N–H and O–H groups in total. The van der Waals surface area contributed by atoms with Crippen molar-refractivity contribution in [3.05, 3.63) is 35.9 Å². The van der Waals surface area contributed by atoms with Gasteiger partial charge in [-0.05, 0) is 25.0 Å². The Kier molecular flexibility index (Phi) is 7.17. The van der Waals surface area contributed by atoms with Gasteiger partial charge in [-0.2, -0.15) is 0 Å². The molecule has 0 heterocycles. The maximum Gasteiger partial charge on any atom is 0.0622 e. The molecule has 1 aromatic rings. The highest BCUT2D eigenvalue weighted by Gasteiger charge is 2.11. The predicted octanol–water partition coefficient (Wildman–Crippen LogP) is 2.69. The summed E-state index contributed by atoms with van der Waals surface area (Å²) in [7, 11) is 0. The van der Waals surface area contributed by atoms with Gasteiger partial charge in [0.15, 0.2) is 0 Å². The fourth-order valence-corrected chi connectivity index (χ4v) is 1.58. The minimum atomic E-state index is 0.370. The lowest BCUT2D eigenvalue weighted by Gasteiger charge is -2.20. The summed E-state index contributed by atoms with van der Waals surface area (Å²) in [6.07, 6.45) is 0. The molecule has 0 spiro atoms. The third-order valence-corrected chi connectivity index (χ3v) is 2.77. The van der Waals surface area contributed by atoms with Crippen molar-refractivity contribution in [3.63, 3.8) is 0 Å². The highest BCUT2D eigenvalue weighted by Crippen LogP contribution is 2.01. The third-order valence-electron chi connectivity index (χ3n) is 2.77. The number of hydrogen-bond donors (Lipinski definition) is 1. The molecule has 1 aromatic carbocycles. The van der Waals surface area contributed by atoms with Crippen LogP contribution in [0.4, 0.5) is 0 Å². The molecule has 1 unspecified atom stereocenters. The molecule has 1 atom stereocenters. The van der Waals surface area contributed by atoms with Crippen LogP contribution in [0.15, 0.2) is 30.3 Å². The van der Waals surface area contributed by atoms with Gasteiger partial charge in [-0.25, -0.2) is 0 Å². The van der Waals surface area contributed by atoms with E-state index in [-0.39, 0.29) is 0 Å². The molecule has 0 amide bonds. The van der Waals surface area contributed by atoms with Gasteiger partial charge in [-0.1, -0.05) is 43.9 Å². The minimum absolute atomic E-state index is 0.370. The summed E-state index contributed by atoms with van der Waals surface area (Å²) in [4.78, 5) is 0. The van der Waals surface area contributed by atoms with Crippen LogP contribution in [0, 0.1) is 17.8 Å². The minimum Gasteiger partial charge on any atom is -0.380 e. The Hall–Kier alpha value is -1.30. The van der Waals surface area contributed by atoms with Gasteiger partial charge in [-0.15, -0.1) is 0 Å². The summed E-state index contributed by atoms with van der Waals surface area (Å²) in [5.74, 6) is 6.84. The van der Waals surface area contributed by atoms with Gasteiger partial charge in [0.2, 0.25) is 0 Å². The molecular formula is C16H23NO. The topological polar surface area (TPSA) is 21.3 Å². The van der Waals surface area contributed by atoms with E-state index in [1.165, 1.54) is 0 Å². The van der Waals surface area contributed by atoms with Gasteiger partial charge < -0.3 is 10.1 Å². The molecule has 0 saturated carbocycles. The lowest BCUT2D eigenvalue weighted by Crippen LogP contribution is -2.38. The van der Waals surface area contributed by atoms with Crippen molar-refractivity contribution in [1.29, 1.82) is 0 Å². The standard InChI is InChI=1S/C16H23NO/c1-4-18-13-16(14(2)3)17-12-8-11-15-9-6-5-7-10-15/h5-7,9-10,14,16-17H,4,12-13H2,1-3H3. The molecule has 0 aromatic heterocycles. The molecule has 2 heteroatoms. The second kappa shape index (κ2) is 8.74. The van der Waals surface area contributed by atoms with Crippen molar-refractivity contribution in [2.45, 2.75) is 26.8 Å². The molecule has 0 aliphatic carbocycles. The van der Waals surface area contributed by atoms with Crippen LogP contribution in [0.5, 0.6) is 0 Å². The van der Waals surface area contributed by atoms with Crippen molar-refractivity contribution >= 4 is 0 Å². The zero-order chi connectivity index (χ0) is 13.2. The third kappa shape index (κ3) is 5.86. The van der Waals surface area contributed by atoms with E-state index in [1.807, 2.05) is 37.3 Å². The van der Waals surface area contributed by atoms with Crippen LogP contribution in [0.25, 0.3) is 0 Å². The first-order chi connectivity index (χ1) is 8.74. The van der Waals surface area contributed by atoms with Crippen LogP contribution in [0.1, 0.15) is 26.3 Å². The summed E-state index contributed by atoms with van der Waals surface area (Å²) in [5, 5.41) is 3.43. The highest BCUT2D eigenvalue weighted by atomic mass is 16.5. The zero-order valence-corrected chi connectivity index (χ0v) is 11.6. The van der Waals surface area contributed by atoms with E-state index >= 15 is 0 Å². The van der Waals surface area contributed by atoms with Gasteiger partial charge in [0.05, 0.1) is 13.2 Å². The van der Waals surface area contributed by atoms with Crippen molar-refractivity contribution < 1.29 is 4.74 Å². The van der Waals surface area contributed by atoms with E-state index in [4.69, 9.17) is 4.74 Å². The monoisotopic (exact) mass is 245 g/mol. The maximum atomic E-state index is 5.46. The lowest BCUT2D eigenvalue weighted by atomic mass is 10.1. The maximum absolute atomic E-state index is 5.46. The number of benzene rings is 1. The fourth-order valence-electron chi connectivity index (χ4n) is 1.58. The Balaban J connectivity index is 2.37. The van der Waals surface area contributed by atoms with Crippen molar-refractivity contribution in [2.24, 2.45) is 5.92 Å². The molecule has 2 nitrogen and oxygen atoms in total. The van der Waals surface area contributed by atoms with Gasteiger partial charge in [0, 0.05) is 18.2 Å². The SMILES string of the molecule is CCOCC(NCC#Cc1ccccc1)C(C)C. The zero-order valence-electron chi connectivity index (χ0n) is 11.6. The summed E-state index contributed by atoms with van der Waals surface area (Å²) in [6, 6.07) is 10.4. The summed E-state index contributed by atoms with van der Waals surface area (Å²) in [5.41, 5.74) is 1.06. The largest absolute Gasteiger partial charge is 0.380 e. The summed E-state index contributed by atoms with van der Waals surface area (Å²) in [6.45, 7) is 8.63. The van der Waals surface area contributed by atoms with Crippen molar-refractivity contribution in [1.82, 2.24) is 5.32 Å². The average Bonchev–Trinajstić information content (AvgIpc) is 2.38. The molecule has 0 aliphatic heterocycles. The molecule has 1 rings (SSSR count). The smallest absolute Gasteiger partial charge is 0.0622 e. The quantitative estimate of drug-likeness (QED) is 0.778. The van der Waals surface area contributed by atoms with Gasteiger partial charge in [0.1, 0.15) is 0 Å². The molecule has 98 valence electrons. The Bertz CT molecular complexity index is 375. The predicted molar refractivity (Wildman–Crippen MR) is 76.4 cm³/mol. The first-order valence-electron chi connectivity index (χ1n) is 6.59. The van der Waals surface area contributed by atoms with E-state index in [2.05, 4.69) is 31.0 Å². The lowest BCUT2D eigenvalue weighted by molar-refractivity contribution is 0.110. The molecule has 0 aliphatic rings. The number of rotatable bonds is 6. The Labute approximate surface area is 111 Å². The number of hydrogen-bond acceptors (Lipinski definition) is 2. The Morgan fingerprint density at radius 3 is 2.56 bits per heavy atom. The number of nitrogens with one attached hydrogen (secondary N) is 1. The molecule has 18 heavy (non-hydrogen) atoms. The van der Waals surface area contributed by atoms with E-state index in [9.17, 15) is 0 Å². The normalized spacial score (nSPS) is 12.0. The van der Waals surface area contributed by atoms with Crippen LogP contribution >= 0.6 is 0 Å². The first kappa shape index (κ1) is 14.8. The van der Waals surface area contributed by atoms with Crippen molar-refractivity contribution in [2.75, 3.05) is 19.8 Å². The second-order valence-electron chi connectivity index (χ2n) is 4.56. The molecule has 0 saturated heterocycles. The number of ether oxygens (including phenoxy) is 1. The van der Waals surface area contributed by atoms with Crippen LogP contribution in [-0.4, -0.2) is 25.8 Å². The van der Waals surface area contributed by atoms with Crippen LogP contribution < -0.4 is 5.32 Å². The Morgan fingerprint density at radius 1 is 1.22 bits per heavy atom. The molecule has 0 radical (unpaired) electrons. The second-order valence-corrected chi connectivity index (χ2v) is 4.56. The fraction of sp³-hybridized carbons (Fsp3) is 0.500. The average molecular weight is 245 g/mol. The van der Waals surface area contributed by atoms with Crippen LogP contribution in [-0.2, 0) is 4.74 Å². The Morgan fingerprint density at radius 2 is 1.94 bits per heavy atom. The van der Waals surface area contributed by atoms with Gasteiger partial charge >= 0.3 is 0 Å². The first-order valence-corrected chi connectivity index (χ1v) is 6.59. The van der Waals surface area contributed by atoms with E-state index in [0.29, 0.717) is 18.5 Å². The molecule has 0 fully saturated rings. The molecule has 0 bridgehead atoms. The summed E-state index contributed by atoms with van der Waals surface area (Å²) < 4.78 is 5.46. The highest BCUT2D eigenvalue weighted by molar-refractivity contribution is 5.33.